The van der Waals surface area contributed by atoms with Gasteiger partial charge in [0.05, 0.1) is 11.3 Å². The van der Waals surface area contributed by atoms with Crippen molar-refractivity contribution >= 4 is 5.65 Å². The number of alkyl halides is 3. The van der Waals surface area contributed by atoms with Crippen molar-refractivity contribution in [2.75, 3.05) is 0 Å². The van der Waals surface area contributed by atoms with Crippen LogP contribution in [0.3, 0.4) is 0 Å². The van der Waals surface area contributed by atoms with Crippen molar-refractivity contribution in [1.29, 1.82) is 0 Å². The molecule has 1 N–H and O–H groups in total. The summed E-state index contributed by atoms with van der Waals surface area (Å²) in [4.78, 5) is 16.9. The van der Waals surface area contributed by atoms with Gasteiger partial charge in [-0.2, -0.15) is 13.2 Å². The Kier molecular flexibility index (Phi) is 3.71. The van der Waals surface area contributed by atoms with Crippen LogP contribution in [0.4, 0.5) is 13.2 Å². The third kappa shape index (κ3) is 2.86. The van der Waals surface area contributed by atoms with E-state index in [0.29, 0.717) is 28.9 Å². The lowest BCUT2D eigenvalue weighted by atomic mass is 10.0. The van der Waals surface area contributed by atoms with Crippen molar-refractivity contribution in [2.45, 2.75) is 25.9 Å². The summed E-state index contributed by atoms with van der Waals surface area (Å²) < 4.78 is 39.7. The van der Waals surface area contributed by atoms with Crippen LogP contribution in [0.15, 0.2) is 41.3 Å². The SMILES string of the molecule is CCc1nc2cc[nH]n2c(=O)c1Cc1cccc(C(F)(F)F)c1. The van der Waals surface area contributed by atoms with Gasteiger partial charge in [-0.25, -0.2) is 9.50 Å². The van der Waals surface area contributed by atoms with Crippen LogP contribution in [0.25, 0.3) is 5.65 Å². The van der Waals surface area contributed by atoms with E-state index in [1.54, 1.807) is 18.3 Å². The molecule has 1 aromatic carbocycles. The quantitative estimate of drug-likeness (QED) is 0.805. The molecule has 0 aliphatic carbocycles. The minimum absolute atomic E-state index is 0.112. The monoisotopic (exact) mass is 321 g/mol. The predicted octanol–water partition coefficient (Wildman–Crippen LogP) is 3.19. The molecule has 0 fully saturated rings. The average Bonchev–Trinajstić information content (AvgIpc) is 2.98. The first-order chi connectivity index (χ1) is 10.9. The Bertz CT molecular complexity index is 909. The molecule has 0 bridgehead atoms. The number of hydrogen-bond donors (Lipinski definition) is 1. The van der Waals surface area contributed by atoms with E-state index in [1.807, 2.05) is 6.92 Å². The Morgan fingerprint density at radius 2 is 2.04 bits per heavy atom. The topological polar surface area (TPSA) is 50.2 Å². The van der Waals surface area contributed by atoms with Crippen molar-refractivity contribution in [3.63, 3.8) is 0 Å². The van der Waals surface area contributed by atoms with E-state index < -0.39 is 11.7 Å². The number of aryl methyl sites for hydroxylation is 1. The van der Waals surface area contributed by atoms with Crippen LogP contribution in [0, 0.1) is 0 Å². The van der Waals surface area contributed by atoms with Crippen molar-refractivity contribution in [1.82, 2.24) is 14.6 Å². The third-order valence-electron chi connectivity index (χ3n) is 3.69. The molecule has 2 aromatic heterocycles. The minimum Gasteiger partial charge on any atom is -0.297 e. The van der Waals surface area contributed by atoms with Gasteiger partial charge in [0.15, 0.2) is 5.65 Å². The molecule has 0 saturated heterocycles. The molecule has 0 radical (unpaired) electrons. The lowest BCUT2D eigenvalue weighted by molar-refractivity contribution is -0.137. The number of aromatic amines is 1. The minimum atomic E-state index is -4.40. The number of nitrogens with zero attached hydrogens (tertiary/aromatic N) is 2. The fourth-order valence-electron chi connectivity index (χ4n) is 2.57. The van der Waals surface area contributed by atoms with Gasteiger partial charge < -0.3 is 0 Å². The number of nitrogens with one attached hydrogen (secondary N) is 1. The highest BCUT2D eigenvalue weighted by Gasteiger charge is 2.30. The Balaban J connectivity index is 2.08. The average molecular weight is 321 g/mol. The lowest BCUT2D eigenvalue weighted by Crippen LogP contribution is -2.23. The number of benzene rings is 1. The van der Waals surface area contributed by atoms with Crippen molar-refractivity contribution in [3.8, 4) is 0 Å². The van der Waals surface area contributed by atoms with Crippen LogP contribution in [-0.2, 0) is 19.0 Å². The normalized spacial score (nSPS) is 12.0. The predicted molar refractivity (Wildman–Crippen MR) is 79.4 cm³/mol. The van der Waals surface area contributed by atoms with Gasteiger partial charge in [0.1, 0.15) is 0 Å². The maximum atomic E-state index is 12.8. The molecule has 0 spiro atoms. The molecular weight excluding hydrogens is 307 g/mol. The van der Waals surface area contributed by atoms with Crippen LogP contribution < -0.4 is 5.56 Å². The van der Waals surface area contributed by atoms with Crippen LogP contribution in [0.1, 0.15) is 29.3 Å². The van der Waals surface area contributed by atoms with E-state index in [0.717, 1.165) is 12.1 Å². The first-order valence-corrected chi connectivity index (χ1v) is 7.14. The van der Waals surface area contributed by atoms with E-state index in [1.165, 1.54) is 10.6 Å². The first kappa shape index (κ1) is 15.3. The smallest absolute Gasteiger partial charge is 0.297 e. The molecule has 0 aliphatic heterocycles. The summed E-state index contributed by atoms with van der Waals surface area (Å²) >= 11 is 0. The largest absolute Gasteiger partial charge is 0.416 e. The maximum Gasteiger partial charge on any atom is 0.416 e. The molecule has 23 heavy (non-hydrogen) atoms. The summed E-state index contributed by atoms with van der Waals surface area (Å²) in [5.41, 5.74) is 0.940. The highest BCUT2D eigenvalue weighted by atomic mass is 19.4. The van der Waals surface area contributed by atoms with Gasteiger partial charge in [-0.3, -0.25) is 9.89 Å². The second-order valence-corrected chi connectivity index (χ2v) is 5.23. The molecule has 4 nitrogen and oxygen atoms in total. The second kappa shape index (κ2) is 5.57. The Hall–Kier alpha value is -2.57. The molecule has 0 saturated carbocycles. The summed E-state index contributed by atoms with van der Waals surface area (Å²) in [6.07, 6.45) is -2.16. The van der Waals surface area contributed by atoms with E-state index in [4.69, 9.17) is 0 Å². The Labute approximate surface area is 129 Å². The van der Waals surface area contributed by atoms with E-state index >= 15 is 0 Å². The molecular formula is C16H14F3N3O. The van der Waals surface area contributed by atoms with Crippen molar-refractivity contribution in [3.05, 3.63) is 69.3 Å². The fraction of sp³-hybridized carbons (Fsp3) is 0.250. The molecule has 3 rings (SSSR count). The maximum absolute atomic E-state index is 12.8. The van der Waals surface area contributed by atoms with Crippen molar-refractivity contribution < 1.29 is 13.2 Å². The fourth-order valence-corrected chi connectivity index (χ4v) is 2.57. The summed E-state index contributed by atoms with van der Waals surface area (Å²) in [5.74, 6) is 0. The molecule has 2 heterocycles. The van der Waals surface area contributed by atoms with Gasteiger partial charge >= 0.3 is 6.18 Å². The van der Waals surface area contributed by atoms with E-state index in [9.17, 15) is 18.0 Å². The number of H-pyrrole nitrogens is 1. The molecule has 0 amide bonds. The number of halogens is 3. The molecule has 3 aromatic rings. The van der Waals surface area contributed by atoms with Gasteiger partial charge in [0.25, 0.3) is 5.56 Å². The number of fused-ring (bicyclic) bond motifs is 1. The highest BCUT2D eigenvalue weighted by Crippen LogP contribution is 2.30. The molecule has 0 aliphatic rings. The summed E-state index contributed by atoms with van der Waals surface area (Å²) in [7, 11) is 0. The lowest BCUT2D eigenvalue weighted by Gasteiger charge is -2.10. The number of rotatable bonds is 3. The first-order valence-electron chi connectivity index (χ1n) is 7.14. The van der Waals surface area contributed by atoms with Crippen molar-refractivity contribution in [2.24, 2.45) is 0 Å². The second-order valence-electron chi connectivity index (χ2n) is 5.23. The molecule has 0 atom stereocenters. The zero-order valence-corrected chi connectivity index (χ0v) is 12.3. The van der Waals surface area contributed by atoms with Crippen LogP contribution in [0.2, 0.25) is 0 Å². The van der Waals surface area contributed by atoms with Crippen LogP contribution >= 0.6 is 0 Å². The number of aromatic nitrogens is 3. The molecule has 0 unspecified atom stereocenters. The van der Waals surface area contributed by atoms with Gasteiger partial charge in [-0.15, -0.1) is 0 Å². The Morgan fingerprint density at radius 1 is 1.26 bits per heavy atom. The standard InChI is InChI=1S/C16H14F3N3O/c1-2-13-12(15(23)22-14(21-13)6-7-20-22)9-10-4-3-5-11(8-10)16(17,18)19/h3-8,20H,2,9H2,1H3. The summed E-state index contributed by atoms with van der Waals surface area (Å²) in [6.45, 7) is 1.86. The summed E-state index contributed by atoms with van der Waals surface area (Å²) in [6, 6.07) is 6.69. The van der Waals surface area contributed by atoms with Gasteiger partial charge in [-0.05, 0) is 18.1 Å². The number of hydrogen-bond acceptors (Lipinski definition) is 2. The van der Waals surface area contributed by atoms with E-state index in [-0.39, 0.29) is 12.0 Å². The van der Waals surface area contributed by atoms with Crippen LogP contribution in [0.5, 0.6) is 0 Å². The zero-order chi connectivity index (χ0) is 16.6. The van der Waals surface area contributed by atoms with E-state index in [2.05, 4.69) is 10.1 Å². The third-order valence-corrected chi connectivity index (χ3v) is 3.69. The molecule has 7 heteroatoms. The summed E-state index contributed by atoms with van der Waals surface area (Å²) in [5, 5.41) is 2.76. The molecule has 120 valence electrons. The zero-order valence-electron chi connectivity index (χ0n) is 12.3. The Morgan fingerprint density at radius 3 is 2.74 bits per heavy atom. The van der Waals surface area contributed by atoms with Gasteiger partial charge in [-0.1, -0.05) is 25.1 Å². The highest BCUT2D eigenvalue weighted by molar-refractivity contribution is 5.41. The van der Waals surface area contributed by atoms with Crippen LogP contribution in [-0.4, -0.2) is 14.6 Å². The van der Waals surface area contributed by atoms with Gasteiger partial charge in [0, 0.05) is 24.2 Å². The van der Waals surface area contributed by atoms with Gasteiger partial charge in [0.2, 0.25) is 0 Å².